The predicted molar refractivity (Wildman–Crippen MR) is 142 cm³/mol. The van der Waals surface area contributed by atoms with Crippen LogP contribution in [0.2, 0.25) is 5.02 Å². The van der Waals surface area contributed by atoms with Crippen LogP contribution in [0.3, 0.4) is 0 Å². The summed E-state index contributed by atoms with van der Waals surface area (Å²) in [6.45, 7) is 7.98. The maximum atomic E-state index is 12.7. The standard InChI is InChI=1S/C24H30ClN7O3S/c1-5-12-27-31-22(33)16-8-6-9-17(13-16)29-23-26-15-20(25)21(30-23)28-18-10-7-11-19(14-18)36(34,35)32-24(2,3)4/h6-11,13-15,27,32H,5,12H2,1-4H3,(H,31,33)(H2,26,28,29,30). The molecule has 0 spiro atoms. The van der Waals surface area contributed by atoms with Crippen LogP contribution >= 0.6 is 11.6 Å². The number of carbonyl (C=O) groups excluding carboxylic acids is 1. The molecule has 0 unspecified atom stereocenters. The fraction of sp³-hybridized carbons (Fsp3) is 0.292. The van der Waals surface area contributed by atoms with Gasteiger partial charge in [0.05, 0.1) is 11.1 Å². The summed E-state index contributed by atoms with van der Waals surface area (Å²) in [5.41, 5.74) is 6.42. The van der Waals surface area contributed by atoms with Crippen LogP contribution < -0.4 is 26.2 Å². The summed E-state index contributed by atoms with van der Waals surface area (Å²) in [6.07, 6.45) is 2.31. The predicted octanol–water partition coefficient (Wildman–Crippen LogP) is 4.34. The molecule has 0 atom stereocenters. The van der Waals surface area contributed by atoms with Crippen molar-refractivity contribution in [3.63, 3.8) is 0 Å². The average molecular weight is 532 g/mol. The lowest BCUT2D eigenvalue weighted by Crippen LogP contribution is -2.40. The largest absolute Gasteiger partial charge is 0.339 e. The molecule has 10 nitrogen and oxygen atoms in total. The minimum absolute atomic E-state index is 0.106. The number of benzene rings is 2. The van der Waals surface area contributed by atoms with Crippen LogP contribution in [0.15, 0.2) is 59.6 Å². The third-order valence-corrected chi connectivity index (χ3v) is 6.58. The molecule has 0 aliphatic rings. The third kappa shape index (κ3) is 7.89. The van der Waals surface area contributed by atoms with E-state index in [1.54, 1.807) is 57.2 Å². The van der Waals surface area contributed by atoms with Gasteiger partial charge in [-0.2, -0.15) is 4.98 Å². The zero-order valence-electron chi connectivity index (χ0n) is 20.5. The van der Waals surface area contributed by atoms with Crippen molar-refractivity contribution in [2.75, 3.05) is 17.2 Å². The van der Waals surface area contributed by atoms with Crippen LogP contribution in [0.1, 0.15) is 44.5 Å². The van der Waals surface area contributed by atoms with Crippen LogP contribution in [-0.2, 0) is 10.0 Å². The van der Waals surface area contributed by atoms with Crippen LogP contribution in [0.4, 0.5) is 23.1 Å². The molecule has 0 radical (unpaired) electrons. The zero-order valence-corrected chi connectivity index (χ0v) is 22.1. The number of hydrogen-bond acceptors (Lipinski definition) is 8. The number of nitrogens with zero attached hydrogens (tertiary/aromatic N) is 2. The van der Waals surface area contributed by atoms with E-state index in [1.807, 2.05) is 6.92 Å². The van der Waals surface area contributed by atoms with Gasteiger partial charge in [0.25, 0.3) is 5.91 Å². The van der Waals surface area contributed by atoms with Gasteiger partial charge in [0.1, 0.15) is 5.02 Å². The SMILES string of the molecule is CCCNNC(=O)c1cccc(Nc2ncc(Cl)c(Nc3cccc(S(=O)(=O)NC(C)(C)C)c3)n2)c1. The summed E-state index contributed by atoms with van der Waals surface area (Å²) in [7, 11) is -3.72. The number of anilines is 4. The van der Waals surface area contributed by atoms with Crippen LogP contribution in [0.25, 0.3) is 0 Å². The van der Waals surface area contributed by atoms with Crippen molar-refractivity contribution in [1.82, 2.24) is 25.5 Å². The molecule has 2 aromatic carbocycles. The molecular weight excluding hydrogens is 502 g/mol. The highest BCUT2D eigenvalue weighted by molar-refractivity contribution is 7.89. The summed E-state index contributed by atoms with van der Waals surface area (Å²) in [4.78, 5) is 21.0. The highest BCUT2D eigenvalue weighted by Gasteiger charge is 2.22. The minimum Gasteiger partial charge on any atom is -0.339 e. The van der Waals surface area contributed by atoms with E-state index in [0.717, 1.165) is 6.42 Å². The fourth-order valence-corrected chi connectivity index (χ4v) is 4.66. The molecule has 3 aromatic rings. The van der Waals surface area contributed by atoms with E-state index in [4.69, 9.17) is 11.6 Å². The summed E-state index contributed by atoms with van der Waals surface area (Å²) in [6, 6.07) is 13.2. The van der Waals surface area contributed by atoms with Gasteiger partial charge in [-0.05, 0) is 63.6 Å². The minimum atomic E-state index is -3.72. The van der Waals surface area contributed by atoms with Gasteiger partial charge in [-0.1, -0.05) is 30.7 Å². The molecule has 1 aromatic heterocycles. The Morgan fingerprint density at radius 1 is 1.03 bits per heavy atom. The molecule has 192 valence electrons. The van der Waals surface area contributed by atoms with E-state index in [1.165, 1.54) is 18.3 Å². The number of hydrogen-bond donors (Lipinski definition) is 5. The lowest BCUT2D eigenvalue weighted by molar-refractivity contribution is 0.0933. The first-order chi connectivity index (χ1) is 17.0. The molecule has 1 heterocycles. The van der Waals surface area contributed by atoms with Crippen LogP contribution in [0.5, 0.6) is 0 Å². The van der Waals surface area contributed by atoms with Gasteiger partial charge < -0.3 is 10.6 Å². The van der Waals surface area contributed by atoms with Gasteiger partial charge in [-0.25, -0.2) is 23.5 Å². The van der Waals surface area contributed by atoms with E-state index < -0.39 is 15.6 Å². The summed E-state index contributed by atoms with van der Waals surface area (Å²) in [5.74, 6) is 0.258. The van der Waals surface area contributed by atoms with Crippen molar-refractivity contribution < 1.29 is 13.2 Å². The van der Waals surface area contributed by atoms with Gasteiger partial charge in [-0.3, -0.25) is 10.2 Å². The number of carbonyl (C=O) groups is 1. The Morgan fingerprint density at radius 3 is 2.42 bits per heavy atom. The first kappa shape index (κ1) is 27.3. The van der Waals surface area contributed by atoms with Gasteiger partial charge >= 0.3 is 0 Å². The molecule has 12 heteroatoms. The number of amides is 1. The van der Waals surface area contributed by atoms with Gasteiger partial charge in [0.2, 0.25) is 16.0 Å². The summed E-state index contributed by atoms with van der Waals surface area (Å²) >= 11 is 6.29. The van der Waals surface area contributed by atoms with Crippen molar-refractivity contribution >= 4 is 50.7 Å². The molecule has 36 heavy (non-hydrogen) atoms. The Kier molecular flexibility index (Phi) is 8.85. The highest BCUT2D eigenvalue weighted by Crippen LogP contribution is 2.26. The lowest BCUT2D eigenvalue weighted by Gasteiger charge is -2.20. The second-order valence-electron chi connectivity index (χ2n) is 8.99. The van der Waals surface area contributed by atoms with E-state index in [9.17, 15) is 13.2 Å². The Balaban J connectivity index is 1.77. The first-order valence-electron chi connectivity index (χ1n) is 11.3. The van der Waals surface area contributed by atoms with E-state index >= 15 is 0 Å². The number of halogens is 1. The molecule has 1 amide bonds. The summed E-state index contributed by atoms with van der Waals surface area (Å²) < 4.78 is 28.0. The maximum Gasteiger partial charge on any atom is 0.265 e. The number of hydrazine groups is 1. The smallest absolute Gasteiger partial charge is 0.265 e. The monoisotopic (exact) mass is 531 g/mol. The maximum absolute atomic E-state index is 12.7. The molecule has 0 saturated carbocycles. The van der Waals surface area contributed by atoms with Crippen molar-refractivity contribution in [2.24, 2.45) is 0 Å². The summed E-state index contributed by atoms with van der Waals surface area (Å²) in [5, 5.41) is 6.35. The lowest BCUT2D eigenvalue weighted by atomic mass is 10.1. The molecule has 5 N–H and O–H groups in total. The highest BCUT2D eigenvalue weighted by atomic mass is 35.5. The molecule has 0 aliphatic heterocycles. The Bertz CT molecular complexity index is 1330. The van der Waals surface area contributed by atoms with Gasteiger partial charge in [-0.15, -0.1) is 0 Å². The van der Waals surface area contributed by atoms with E-state index in [2.05, 4.69) is 36.2 Å². The molecule has 3 rings (SSSR count). The van der Waals surface area contributed by atoms with Gasteiger partial charge in [0, 0.05) is 29.0 Å². The Morgan fingerprint density at radius 2 is 1.72 bits per heavy atom. The number of nitrogens with one attached hydrogen (secondary N) is 5. The second-order valence-corrected chi connectivity index (χ2v) is 11.1. The number of rotatable bonds is 10. The van der Waals surface area contributed by atoms with Crippen molar-refractivity contribution in [3.05, 3.63) is 65.3 Å². The topological polar surface area (TPSA) is 137 Å². The van der Waals surface area contributed by atoms with E-state index in [0.29, 0.717) is 23.5 Å². The first-order valence-corrected chi connectivity index (χ1v) is 13.2. The Labute approximate surface area is 216 Å². The molecule has 0 aliphatic carbocycles. The number of aromatic nitrogens is 2. The quantitative estimate of drug-likeness (QED) is 0.192. The van der Waals surface area contributed by atoms with Crippen molar-refractivity contribution in [3.8, 4) is 0 Å². The van der Waals surface area contributed by atoms with Gasteiger partial charge in [0.15, 0.2) is 5.82 Å². The zero-order chi connectivity index (χ0) is 26.3. The second kappa shape index (κ2) is 11.7. The molecule has 0 fully saturated rings. The average Bonchev–Trinajstić information content (AvgIpc) is 2.80. The molecular formula is C24H30ClN7O3S. The normalized spacial score (nSPS) is 11.7. The van der Waals surface area contributed by atoms with Crippen LogP contribution in [0, 0.1) is 0 Å². The van der Waals surface area contributed by atoms with E-state index in [-0.39, 0.29) is 27.6 Å². The Hall–Kier alpha value is -3.25. The van der Waals surface area contributed by atoms with Crippen LogP contribution in [-0.4, -0.2) is 36.4 Å². The van der Waals surface area contributed by atoms with Crippen molar-refractivity contribution in [2.45, 2.75) is 44.6 Å². The molecule has 0 bridgehead atoms. The van der Waals surface area contributed by atoms with Crippen molar-refractivity contribution in [1.29, 1.82) is 0 Å². The third-order valence-electron chi connectivity index (χ3n) is 4.55. The fourth-order valence-electron chi connectivity index (χ4n) is 3.06. The number of sulfonamides is 1. The molecule has 0 saturated heterocycles.